The molecule has 0 aliphatic carbocycles. The van der Waals surface area contributed by atoms with Crippen LogP contribution in [0.1, 0.15) is 5.69 Å². The number of amides is 2. The molecule has 2 fully saturated rings. The SMILES string of the molecule is Cc1csc(NC(=O)C(=O)N2CCO[C@]3(CNCCOC3)C2)n1. The van der Waals surface area contributed by atoms with Crippen LogP contribution >= 0.6 is 11.3 Å². The fourth-order valence-electron chi connectivity index (χ4n) is 2.69. The van der Waals surface area contributed by atoms with Gasteiger partial charge < -0.3 is 19.7 Å². The molecule has 3 rings (SSSR count). The summed E-state index contributed by atoms with van der Waals surface area (Å²) >= 11 is 1.30. The number of thiazole rings is 1. The largest absolute Gasteiger partial charge is 0.377 e. The number of rotatable bonds is 1. The molecule has 8 nitrogen and oxygen atoms in total. The normalized spacial score (nSPS) is 25.2. The molecule has 0 radical (unpaired) electrons. The lowest BCUT2D eigenvalue weighted by molar-refractivity contribution is -0.162. The predicted molar refractivity (Wildman–Crippen MR) is 84.4 cm³/mol. The number of nitrogens with one attached hydrogen (secondary N) is 2. The van der Waals surface area contributed by atoms with Crippen molar-refractivity contribution in [3.8, 4) is 0 Å². The number of aromatic nitrogens is 1. The number of nitrogens with zero attached hydrogens (tertiary/aromatic N) is 2. The van der Waals surface area contributed by atoms with Crippen molar-refractivity contribution in [2.24, 2.45) is 0 Å². The smallest absolute Gasteiger partial charge is 0.315 e. The summed E-state index contributed by atoms with van der Waals surface area (Å²) in [5, 5.41) is 8.05. The lowest BCUT2D eigenvalue weighted by Gasteiger charge is -2.41. The Morgan fingerprint density at radius 1 is 1.48 bits per heavy atom. The summed E-state index contributed by atoms with van der Waals surface area (Å²) in [6, 6.07) is 0. The predicted octanol–water partition coefficient (Wildman–Crippen LogP) is -0.393. The van der Waals surface area contributed by atoms with Gasteiger partial charge in [0, 0.05) is 25.0 Å². The van der Waals surface area contributed by atoms with Crippen LogP contribution in [0.4, 0.5) is 5.13 Å². The van der Waals surface area contributed by atoms with Gasteiger partial charge in [0.1, 0.15) is 5.60 Å². The van der Waals surface area contributed by atoms with Crippen LogP contribution in [-0.4, -0.2) is 73.3 Å². The van der Waals surface area contributed by atoms with Crippen molar-refractivity contribution in [1.82, 2.24) is 15.2 Å². The third kappa shape index (κ3) is 3.86. The van der Waals surface area contributed by atoms with Crippen LogP contribution in [0.15, 0.2) is 5.38 Å². The summed E-state index contributed by atoms with van der Waals surface area (Å²) in [6.45, 7) is 5.33. The quantitative estimate of drug-likeness (QED) is 0.676. The lowest BCUT2D eigenvalue weighted by atomic mass is 10.0. The first-order valence-electron chi connectivity index (χ1n) is 7.53. The van der Waals surface area contributed by atoms with Gasteiger partial charge in [-0.1, -0.05) is 0 Å². The highest BCUT2D eigenvalue weighted by Crippen LogP contribution is 2.20. The maximum atomic E-state index is 12.4. The summed E-state index contributed by atoms with van der Waals surface area (Å²) in [6.07, 6.45) is 0. The molecule has 9 heteroatoms. The number of carbonyl (C=O) groups excluding carboxylic acids is 2. The number of anilines is 1. The zero-order valence-electron chi connectivity index (χ0n) is 13.0. The first kappa shape index (κ1) is 16.3. The Balaban J connectivity index is 1.63. The monoisotopic (exact) mass is 340 g/mol. The summed E-state index contributed by atoms with van der Waals surface area (Å²) in [7, 11) is 0. The molecule has 0 bridgehead atoms. The van der Waals surface area contributed by atoms with E-state index < -0.39 is 17.4 Å². The van der Waals surface area contributed by atoms with Crippen LogP contribution in [0.25, 0.3) is 0 Å². The van der Waals surface area contributed by atoms with Crippen molar-refractivity contribution in [1.29, 1.82) is 0 Å². The maximum absolute atomic E-state index is 12.4. The van der Waals surface area contributed by atoms with Crippen molar-refractivity contribution in [3.05, 3.63) is 11.1 Å². The van der Waals surface area contributed by atoms with E-state index in [0.29, 0.717) is 44.6 Å². The molecular weight excluding hydrogens is 320 g/mol. The minimum Gasteiger partial charge on any atom is -0.377 e. The molecule has 126 valence electrons. The Hall–Kier alpha value is -1.55. The standard InChI is InChI=1S/C14H20N4O4S/c1-10-6-23-13(16-10)17-11(19)12(20)18-3-5-22-14(8-18)7-15-2-4-21-9-14/h6,15H,2-5,7-9H2,1H3,(H,16,17,19)/t14-/m1/s1. The maximum Gasteiger partial charge on any atom is 0.315 e. The minimum absolute atomic E-state index is 0.336. The fraction of sp³-hybridized carbons (Fsp3) is 0.643. The van der Waals surface area contributed by atoms with E-state index >= 15 is 0 Å². The van der Waals surface area contributed by atoms with Crippen molar-refractivity contribution >= 4 is 28.3 Å². The fourth-order valence-corrected chi connectivity index (χ4v) is 3.37. The molecule has 2 amide bonds. The van der Waals surface area contributed by atoms with E-state index in [1.807, 2.05) is 12.3 Å². The van der Waals surface area contributed by atoms with E-state index in [1.165, 1.54) is 16.2 Å². The molecule has 3 heterocycles. The van der Waals surface area contributed by atoms with Gasteiger partial charge in [0.15, 0.2) is 5.13 Å². The Morgan fingerprint density at radius 3 is 3.13 bits per heavy atom. The molecule has 0 saturated carbocycles. The van der Waals surface area contributed by atoms with E-state index in [0.717, 1.165) is 12.2 Å². The van der Waals surface area contributed by atoms with Crippen molar-refractivity contribution in [2.75, 3.05) is 51.3 Å². The third-order valence-corrected chi connectivity index (χ3v) is 4.68. The minimum atomic E-state index is -0.668. The molecule has 1 aromatic rings. The molecule has 0 unspecified atom stereocenters. The number of morpholine rings is 1. The van der Waals surface area contributed by atoms with Crippen LogP contribution in [-0.2, 0) is 19.1 Å². The van der Waals surface area contributed by atoms with E-state index in [2.05, 4.69) is 15.6 Å². The van der Waals surface area contributed by atoms with Gasteiger partial charge in [-0.2, -0.15) is 0 Å². The summed E-state index contributed by atoms with van der Waals surface area (Å²) in [5.41, 5.74) is 0.229. The highest BCUT2D eigenvalue weighted by Gasteiger charge is 2.40. The van der Waals surface area contributed by atoms with E-state index in [9.17, 15) is 9.59 Å². The van der Waals surface area contributed by atoms with Gasteiger partial charge in [-0.3, -0.25) is 14.9 Å². The van der Waals surface area contributed by atoms with Crippen LogP contribution in [0, 0.1) is 6.92 Å². The Kier molecular flexibility index (Phi) is 4.90. The number of ether oxygens (including phenoxy) is 2. The van der Waals surface area contributed by atoms with Crippen LogP contribution < -0.4 is 10.6 Å². The first-order chi connectivity index (χ1) is 11.1. The van der Waals surface area contributed by atoms with Crippen molar-refractivity contribution in [2.45, 2.75) is 12.5 Å². The van der Waals surface area contributed by atoms with Crippen molar-refractivity contribution < 1.29 is 19.1 Å². The van der Waals surface area contributed by atoms with Crippen molar-refractivity contribution in [3.63, 3.8) is 0 Å². The molecule has 0 aromatic carbocycles. The van der Waals surface area contributed by atoms with E-state index in [4.69, 9.17) is 9.47 Å². The number of aryl methyl sites for hydroxylation is 1. The molecule has 1 spiro atoms. The zero-order chi connectivity index (χ0) is 16.3. The summed E-state index contributed by atoms with van der Waals surface area (Å²) in [4.78, 5) is 30.2. The number of carbonyl (C=O) groups is 2. The zero-order valence-corrected chi connectivity index (χ0v) is 13.8. The second-order valence-corrected chi connectivity index (χ2v) is 6.59. The molecule has 2 N–H and O–H groups in total. The molecule has 2 aliphatic rings. The average Bonchev–Trinajstić information content (AvgIpc) is 2.82. The molecule has 1 atom stereocenters. The first-order valence-corrected chi connectivity index (χ1v) is 8.41. The summed E-state index contributed by atoms with van der Waals surface area (Å²) < 4.78 is 11.4. The highest BCUT2D eigenvalue weighted by molar-refractivity contribution is 7.14. The van der Waals surface area contributed by atoms with E-state index in [-0.39, 0.29) is 0 Å². The Morgan fingerprint density at radius 2 is 2.35 bits per heavy atom. The van der Waals surface area contributed by atoms with Gasteiger partial charge in [-0.15, -0.1) is 11.3 Å². The topological polar surface area (TPSA) is 92.8 Å². The molecule has 2 saturated heterocycles. The van der Waals surface area contributed by atoms with Gasteiger partial charge in [0.25, 0.3) is 0 Å². The van der Waals surface area contributed by atoms with Crippen LogP contribution in [0.2, 0.25) is 0 Å². The molecule has 1 aromatic heterocycles. The van der Waals surface area contributed by atoms with Gasteiger partial charge in [0.2, 0.25) is 0 Å². The lowest BCUT2D eigenvalue weighted by Crippen LogP contribution is -2.60. The second kappa shape index (κ2) is 6.91. The number of hydrogen-bond acceptors (Lipinski definition) is 7. The van der Waals surface area contributed by atoms with Gasteiger partial charge in [-0.05, 0) is 6.92 Å². The van der Waals surface area contributed by atoms with Crippen LogP contribution in [0.5, 0.6) is 0 Å². The van der Waals surface area contributed by atoms with Gasteiger partial charge in [0.05, 0.1) is 32.1 Å². The molecular formula is C14H20N4O4S. The summed E-state index contributed by atoms with van der Waals surface area (Å²) in [5.74, 6) is -1.23. The second-order valence-electron chi connectivity index (χ2n) is 5.74. The average molecular weight is 340 g/mol. The number of hydrogen-bond donors (Lipinski definition) is 2. The van der Waals surface area contributed by atoms with Gasteiger partial charge in [-0.25, -0.2) is 4.98 Å². The Labute approximate surface area is 138 Å². The van der Waals surface area contributed by atoms with Gasteiger partial charge >= 0.3 is 11.8 Å². The molecule has 2 aliphatic heterocycles. The molecule has 23 heavy (non-hydrogen) atoms. The highest BCUT2D eigenvalue weighted by atomic mass is 32.1. The Bertz CT molecular complexity index is 583. The van der Waals surface area contributed by atoms with Crippen LogP contribution in [0.3, 0.4) is 0 Å². The van der Waals surface area contributed by atoms with E-state index in [1.54, 1.807) is 0 Å². The third-order valence-electron chi connectivity index (χ3n) is 3.80.